The molecule has 0 atom stereocenters. The zero-order valence-electron chi connectivity index (χ0n) is 19.1. The van der Waals surface area contributed by atoms with Crippen LogP contribution in [0.25, 0.3) is 0 Å². The minimum absolute atomic E-state index is 0.0994. The fraction of sp³-hybridized carbons (Fsp3) is 0.0800. The summed E-state index contributed by atoms with van der Waals surface area (Å²) in [7, 11) is 1.50. The van der Waals surface area contributed by atoms with Crippen molar-refractivity contribution in [2.75, 3.05) is 17.7 Å². The number of carbonyl (C=O) groups is 3. The van der Waals surface area contributed by atoms with Gasteiger partial charge in [0.05, 0.1) is 34.3 Å². The fourth-order valence-electron chi connectivity index (χ4n) is 3.22. The molecule has 182 valence electrons. The number of nitrogens with zero attached hydrogens (tertiary/aromatic N) is 2. The number of thiazole rings is 1. The van der Waals surface area contributed by atoms with Gasteiger partial charge in [-0.2, -0.15) is 0 Å². The Morgan fingerprint density at radius 2 is 1.78 bits per heavy atom. The van der Waals surface area contributed by atoms with Gasteiger partial charge in [-0.05, 0) is 43.3 Å². The molecule has 4 rings (SSSR count). The number of amides is 2. The quantitative estimate of drug-likeness (QED) is 0.257. The average molecular weight is 521 g/mol. The number of hydrogen-bond acceptors (Lipinski definition) is 8. The molecule has 0 saturated carbocycles. The second kappa shape index (κ2) is 11.0. The van der Waals surface area contributed by atoms with Gasteiger partial charge >= 0.3 is 12.0 Å². The second-order valence-corrected chi connectivity index (χ2v) is 9.79. The van der Waals surface area contributed by atoms with Crippen LogP contribution >= 0.6 is 23.1 Å². The van der Waals surface area contributed by atoms with Gasteiger partial charge in [0.2, 0.25) is 0 Å². The average Bonchev–Trinajstić information content (AvgIpc) is 3.31. The van der Waals surface area contributed by atoms with Crippen LogP contribution in [0.4, 0.5) is 15.6 Å². The third kappa shape index (κ3) is 5.88. The number of anilines is 2. The highest BCUT2D eigenvalue weighted by molar-refractivity contribution is 8.01. The van der Waals surface area contributed by atoms with Crippen molar-refractivity contribution in [1.29, 1.82) is 0 Å². The molecular weight excluding hydrogens is 500 g/mol. The molecule has 4 aromatic rings. The Morgan fingerprint density at radius 1 is 0.972 bits per heavy atom. The van der Waals surface area contributed by atoms with E-state index < -0.39 is 12.0 Å². The summed E-state index contributed by atoms with van der Waals surface area (Å²) >= 11 is 2.52. The number of urea groups is 1. The molecule has 2 heterocycles. The van der Waals surface area contributed by atoms with Gasteiger partial charge in [0, 0.05) is 11.8 Å². The molecule has 11 heteroatoms. The number of rotatable bonds is 8. The maximum Gasteiger partial charge on any atom is 0.337 e. The van der Waals surface area contributed by atoms with E-state index in [2.05, 4.69) is 20.6 Å². The first-order chi connectivity index (χ1) is 17.3. The van der Waals surface area contributed by atoms with Gasteiger partial charge < -0.3 is 15.2 Å². The van der Waals surface area contributed by atoms with Crippen molar-refractivity contribution in [2.24, 2.45) is 0 Å². The molecular formula is C25H20N4O5S2. The zero-order valence-corrected chi connectivity index (χ0v) is 20.8. The molecule has 0 unspecified atom stereocenters. The molecule has 0 fully saturated rings. The molecule has 0 bridgehead atoms. The van der Waals surface area contributed by atoms with Gasteiger partial charge in [0.15, 0.2) is 10.9 Å². The summed E-state index contributed by atoms with van der Waals surface area (Å²) < 4.78 is 6.07. The standard InChI is InChI=1S/C25H20N4O5S2/c1-14-7-9-18(17(11-14)22(30)16-5-3-4-6-19(16)34-2)28-24(33)29-25-27-13-21(36-25)35-20-10-8-15(12-26-20)23(31)32/h3-13H,1-2H3,(H,31,32)(H2,27,28,29,33). The van der Waals surface area contributed by atoms with Crippen LogP contribution in [0.2, 0.25) is 0 Å². The first-order valence-electron chi connectivity index (χ1n) is 10.5. The minimum atomic E-state index is -1.05. The summed E-state index contributed by atoms with van der Waals surface area (Å²) in [6.45, 7) is 1.86. The van der Waals surface area contributed by atoms with E-state index >= 15 is 0 Å². The van der Waals surface area contributed by atoms with Crippen molar-refractivity contribution in [3.8, 4) is 5.75 Å². The van der Waals surface area contributed by atoms with Crippen molar-refractivity contribution in [2.45, 2.75) is 16.2 Å². The van der Waals surface area contributed by atoms with Crippen LogP contribution in [0.3, 0.4) is 0 Å². The summed E-state index contributed by atoms with van der Waals surface area (Å²) in [6.07, 6.45) is 2.87. The normalized spacial score (nSPS) is 10.5. The highest BCUT2D eigenvalue weighted by Crippen LogP contribution is 2.33. The van der Waals surface area contributed by atoms with E-state index in [4.69, 9.17) is 9.84 Å². The third-order valence-electron chi connectivity index (χ3n) is 4.91. The van der Waals surface area contributed by atoms with E-state index in [9.17, 15) is 14.4 Å². The molecule has 9 nitrogen and oxygen atoms in total. The SMILES string of the molecule is COc1ccccc1C(=O)c1cc(C)ccc1NC(=O)Nc1ncc(Sc2ccc(C(=O)O)cn2)s1. The summed E-state index contributed by atoms with van der Waals surface area (Å²) in [4.78, 5) is 45.2. The lowest BCUT2D eigenvalue weighted by atomic mass is 9.99. The van der Waals surface area contributed by atoms with Crippen LogP contribution in [0.5, 0.6) is 5.75 Å². The first kappa shape index (κ1) is 24.9. The Balaban J connectivity index is 1.46. The van der Waals surface area contributed by atoms with E-state index in [1.165, 1.54) is 42.5 Å². The van der Waals surface area contributed by atoms with E-state index in [0.717, 1.165) is 9.77 Å². The summed E-state index contributed by atoms with van der Waals surface area (Å²) in [5.41, 5.74) is 2.04. The predicted molar refractivity (Wildman–Crippen MR) is 138 cm³/mol. The largest absolute Gasteiger partial charge is 0.496 e. The number of nitrogens with one attached hydrogen (secondary N) is 2. The lowest BCUT2D eigenvalue weighted by molar-refractivity contribution is 0.0696. The molecule has 0 aliphatic heterocycles. The predicted octanol–water partition coefficient (Wildman–Crippen LogP) is 5.58. The monoisotopic (exact) mass is 520 g/mol. The molecule has 0 spiro atoms. The Hall–Kier alpha value is -4.22. The molecule has 0 aliphatic rings. The highest BCUT2D eigenvalue weighted by atomic mass is 32.2. The van der Waals surface area contributed by atoms with Crippen LogP contribution in [0.1, 0.15) is 31.8 Å². The van der Waals surface area contributed by atoms with Crippen LogP contribution in [-0.2, 0) is 0 Å². The topological polar surface area (TPSA) is 131 Å². The van der Waals surface area contributed by atoms with Crippen molar-refractivity contribution in [1.82, 2.24) is 9.97 Å². The van der Waals surface area contributed by atoms with Crippen molar-refractivity contribution < 1.29 is 24.2 Å². The molecule has 2 aromatic heterocycles. The van der Waals surface area contributed by atoms with E-state index in [1.807, 2.05) is 6.92 Å². The van der Waals surface area contributed by atoms with Gasteiger partial charge in [0.1, 0.15) is 10.8 Å². The van der Waals surface area contributed by atoms with Gasteiger partial charge in [0.25, 0.3) is 0 Å². The molecule has 2 aromatic carbocycles. The Kier molecular flexibility index (Phi) is 7.62. The fourth-order valence-corrected chi connectivity index (χ4v) is 4.98. The number of ether oxygens (including phenoxy) is 1. The Bertz CT molecular complexity index is 1440. The van der Waals surface area contributed by atoms with E-state index in [0.29, 0.717) is 32.7 Å². The van der Waals surface area contributed by atoms with Crippen LogP contribution in [-0.4, -0.2) is 40.0 Å². The summed E-state index contributed by atoms with van der Waals surface area (Å²) in [6, 6.07) is 14.6. The number of aromatic carboxylic acids is 1. The molecule has 0 radical (unpaired) electrons. The zero-order chi connectivity index (χ0) is 25.7. The number of carboxylic acid groups (broad SMARTS) is 1. The molecule has 2 amide bonds. The van der Waals surface area contributed by atoms with Crippen molar-refractivity contribution in [3.63, 3.8) is 0 Å². The van der Waals surface area contributed by atoms with Gasteiger partial charge in [-0.1, -0.05) is 46.9 Å². The number of aryl methyl sites for hydroxylation is 1. The van der Waals surface area contributed by atoms with E-state index in [1.54, 1.807) is 54.7 Å². The molecule has 0 aliphatic carbocycles. The first-order valence-corrected chi connectivity index (χ1v) is 12.2. The second-order valence-electron chi connectivity index (χ2n) is 7.43. The smallest absolute Gasteiger partial charge is 0.337 e. The summed E-state index contributed by atoms with van der Waals surface area (Å²) in [5.74, 6) is -0.879. The Labute approximate surface area is 214 Å². The number of benzene rings is 2. The Morgan fingerprint density at radius 3 is 2.50 bits per heavy atom. The number of carbonyl (C=O) groups excluding carboxylic acids is 2. The van der Waals surface area contributed by atoms with Crippen LogP contribution in [0.15, 0.2) is 76.2 Å². The molecule has 36 heavy (non-hydrogen) atoms. The number of methoxy groups -OCH3 is 1. The lowest BCUT2D eigenvalue weighted by Gasteiger charge is -2.13. The number of carboxylic acids is 1. The van der Waals surface area contributed by atoms with Gasteiger partial charge in [-0.25, -0.2) is 19.6 Å². The number of pyridine rings is 1. The van der Waals surface area contributed by atoms with Crippen LogP contribution < -0.4 is 15.4 Å². The van der Waals surface area contributed by atoms with Gasteiger partial charge in [-0.3, -0.25) is 10.1 Å². The lowest BCUT2D eigenvalue weighted by Crippen LogP contribution is -2.21. The third-order valence-corrected chi connectivity index (χ3v) is 6.88. The maximum atomic E-state index is 13.3. The minimum Gasteiger partial charge on any atom is -0.496 e. The number of ketones is 1. The van der Waals surface area contributed by atoms with Crippen molar-refractivity contribution in [3.05, 3.63) is 89.2 Å². The molecule has 3 N–H and O–H groups in total. The van der Waals surface area contributed by atoms with Crippen LogP contribution in [0, 0.1) is 6.92 Å². The van der Waals surface area contributed by atoms with Gasteiger partial charge in [-0.15, -0.1) is 0 Å². The number of aromatic nitrogens is 2. The van der Waals surface area contributed by atoms with E-state index in [-0.39, 0.29) is 11.3 Å². The maximum absolute atomic E-state index is 13.3. The summed E-state index contributed by atoms with van der Waals surface area (Å²) in [5, 5.41) is 15.3. The number of hydrogen-bond donors (Lipinski definition) is 3. The number of para-hydroxylation sites is 1. The van der Waals surface area contributed by atoms with Crippen molar-refractivity contribution >= 4 is 51.7 Å². The highest BCUT2D eigenvalue weighted by Gasteiger charge is 2.19. The molecule has 0 saturated heterocycles.